The van der Waals surface area contributed by atoms with Gasteiger partial charge in [-0.1, -0.05) is 53.7 Å². The Morgan fingerprint density at radius 1 is 0.816 bits per heavy atom. The van der Waals surface area contributed by atoms with Crippen molar-refractivity contribution in [2.24, 2.45) is 62.6 Å². The second-order valence-electron chi connectivity index (χ2n) is 19.3. The van der Waals surface area contributed by atoms with Gasteiger partial charge in [-0.05, 0) is 172 Å². The third-order valence-electron chi connectivity index (χ3n) is 16.9. The van der Waals surface area contributed by atoms with Gasteiger partial charge >= 0.3 is 11.9 Å². The molecular formula is C43H65NO5. The number of carboxylic acid groups (broad SMARTS) is 2. The van der Waals surface area contributed by atoms with Gasteiger partial charge in [0, 0.05) is 18.3 Å². The van der Waals surface area contributed by atoms with Crippen LogP contribution in [0.2, 0.25) is 0 Å². The summed E-state index contributed by atoms with van der Waals surface area (Å²) in [6.45, 7) is 16.0. The maximum absolute atomic E-state index is 14.5. The molecule has 0 aromatic heterocycles. The van der Waals surface area contributed by atoms with E-state index in [1.165, 1.54) is 31.2 Å². The van der Waals surface area contributed by atoms with E-state index in [4.69, 9.17) is 0 Å². The highest BCUT2D eigenvalue weighted by atomic mass is 16.4. The van der Waals surface area contributed by atoms with Crippen molar-refractivity contribution < 1.29 is 24.6 Å². The highest BCUT2D eigenvalue weighted by Crippen LogP contribution is 2.78. The first-order chi connectivity index (χ1) is 22.9. The number of carboxylic acids is 2. The number of carbonyl (C=O) groups is 3. The molecule has 6 nitrogen and oxygen atoms in total. The van der Waals surface area contributed by atoms with E-state index in [9.17, 15) is 24.6 Å². The topological polar surface area (TPSA) is 94.9 Å². The van der Waals surface area contributed by atoms with Gasteiger partial charge in [-0.25, -0.2) is 4.79 Å². The summed E-state index contributed by atoms with van der Waals surface area (Å²) in [5.74, 6) is 1.65. The Morgan fingerprint density at radius 3 is 2.14 bits per heavy atom. The Labute approximate surface area is 296 Å². The molecule has 5 saturated carbocycles. The lowest BCUT2D eigenvalue weighted by atomic mass is 9.31. The zero-order valence-electron chi connectivity index (χ0n) is 31.8. The molecule has 5 fully saturated rings. The summed E-state index contributed by atoms with van der Waals surface area (Å²) in [7, 11) is 4.16. The lowest BCUT2D eigenvalue weighted by Crippen LogP contribution is -2.66. The number of rotatable bonds is 10. The predicted molar refractivity (Wildman–Crippen MR) is 195 cm³/mol. The Balaban J connectivity index is 1.31. The summed E-state index contributed by atoms with van der Waals surface area (Å²) in [6.07, 6.45) is 12.9. The second-order valence-corrected chi connectivity index (χ2v) is 19.3. The highest BCUT2D eigenvalue weighted by molar-refractivity contribution is 5.87. The Morgan fingerprint density at radius 2 is 1.51 bits per heavy atom. The first kappa shape index (κ1) is 36.6. The van der Waals surface area contributed by atoms with Crippen LogP contribution < -0.4 is 0 Å². The molecule has 272 valence electrons. The van der Waals surface area contributed by atoms with E-state index in [0.717, 1.165) is 51.5 Å². The summed E-state index contributed by atoms with van der Waals surface area (Å²) in [6, 6.07) is 7.70. The van der Waals surface area contributed by atoms with E-state index in [1.807, 2.05) is 0 Å². The molecule has 0 aliphatic heterocycles. The van der Waals surface area contributed by atoms with Gasteiger partial charge in [0.25, 0.3) is 0 Å². The van der Waals surface area contributed by atoms with Crippen molar-refractivity contribution in [2.75, 3.05) is 20.6 Å². The van der Waals surface area contributed by atoms with Crippen LogP contribution >= 0.6 is 0 Å². The van der Waals surface area contributed by atoms with E-state index in [0.29, 0.717) is 47.4 Å². The molecule has 5 aliphatic rings. The van der Waals surface area contributed by atoms with E-state index >= 15 is 0 Å². The highest BCUT2D eigenvalue weighted by Gasteiger charge is 2.71. The van der Waals surface area contributed by atoms with E-state index in [2.05, 4.69) is 72.7 Å². The molecule has 6 heteroatoms. The Hall–Kier alpha value is -2.21. The fourth-order valence-electron chi connectivity index (χ4n) is 14.5. The monoisotopic (exact) mass is 675 g/mol. The van der Waals surface area contributed by atoms with Crippen LogP contribution in [0.25, 0.3) is 0 Å². The zero-order chi connectivity index (χ0) is 35.7. The van der Waals surface area contributed by atoms with Crippen molar-refractivity contribution in [3.8, 4) is 0 Å². The SMILES string of the molecule is CC(CC(=O)O)[C@@H]1CC[C@]2(C(=O)CCCN(C)C)CC[C@]3(C)[C@H](CC[C@@H]4[C@@]5(C)CC[C@H](c6ccc(C(=O)O)cc6)C(C)(C)[C@@H]5CC[C@]43C)[C@@H]12. The fourth-order valence-corrected chi connectivity index (χ4v) is 14.5. The molecule has 5 aliphatic carbocycles. The molecule has 0 amide bonds. The Bertz CT molecular complexity index is 1430. The molecule has 0 heterocycles. The predicted octanol–water partition coefficient (Wildman–Crippen LogP) is 9.57. The fraction of sp³-hybridized carbons (Fsp3) is 0.791. The van der Waals surface area contributed by atoms with Crippen LogP contribution in [0.5, 0.6) is 0 Å². The maximum Gasteiger partial charge on any atom is 0.335 e. The number of hydrogen-bond donors (Lipinski definition) is 2. The molecule has 49 heavy (non-hydrogen) atoms. The standard InChI is InChI=1S/C43H65NO5/c1-27(26-36(46)47)30-17-22-43(35(45)10-9-25-44(7)8)24-23-41(5)32(37(30)43)15-16-34-40(4)20-18-31(28-11-13-29(14-12-28)38(48)49)39(2,3)33(40)19-21-42(34,41)6/h11-14,27,30-34,37H,9-10,15-26H2,1-8H3,(H,46,47)(H,48,49)/t27?,30-,31+,32+,33-,34+,37+,40-,41+,42+,43+/m0/s1. The van der Waals surface area contributed by atoms with Gasteiger partial charge in [-0.15, -0.1) is 0 Å². The van der Waals surface area contributed by atoms with Crippen molar-refractivity contribution in [3.63, 3.8) is 0 Å². The normalized spacial score (nSPS) is 41.6. The number of hydrogen-bond acceptors (Lipinski definition) is 4. The third-order valence-corrected chi connectivity index (χ3v) is 16.9. The molecular weight excluding hydrogens is 610 g/mol. The number of benzene rings is 1. The van der Waals surface area contributed by atoms with Crippen molar-refractivity contribution in [3.05, 3.63) is 35.4 Å². The van der Waals surface area contributed by atoms with E-state index in [1.54, 1.807) is 12.1 Å². The van der Waals surface area contributed by atoms with Crippen LogP contribution in [0, 0.1) is 62.6 Å². The smallest absolute Gasteiger partial charge is 0.335 e. The van der Waals surface area contributed by atoms with Crippen molar-refractivity contribution in [1.29, 1.82) is 0 Å². The minimum absolute atomic E-state index is 0.0840. The molecule has 0 spiro atoms. The molecule has 0 radical (unpaired) electrons. The van der Waals surface area contributed by atoms with Gasteiger partial charge in [0.2, 0.25) is 0 Å². The van der Waals surface area contributed by atoms with Crippen LogP contribution in [0.15, 0.2) is 24.3 Å². The summed E-state index contributed by atoms with van der Waals surface area (Å²) in [5, 5.41) is 19.4. The molecule has 1 unspecified atom stereocenters. The van der Waals surface area contributed by atoms with Crippen molar-refractivity contribution in [1.82, 2.24) is 4.90 Å². The summed E-state index contributed by atoms with van der Waals surface area (Å²) < 4.78 is 0. The first-order valence-electron chi connectivity index (χ1n) is 19.7. The van der Waals surface area contributed by atoms with E-state index in [-0.39, 0.29) is 45.3 Å². The number of nitrogens with zero attached hydrogens (tertiary/aromatic N) is 1. The van der Waals surface area contributed by atoms with Crippen LogP contribution in [0.3, 0.4) is 0 Å². The lowest BCUT2D eigenvalue weighted by Gasteiger charge is -2.73. The molecule has 0 saturated heterocycles. The van der Waals surface area contributed by atoms with Gasteiger partial charge in [-0.3, -0.25) is 9.59 Å². The van der Waals surface area contributed by atoms with Gasteiger partial charge in [0.15, 0.2) is 0 Å². The number of aliphatic carboxylic acids is 1. The Kier molecular flexibility index (Phi) is 9.54. The van der Waals surface area contributed by atoms with Crippen LogP contribution in [0.4, 0.5) is 0 Å². The van der Waals surface area contributed by atoms with Crippen molar-refractivity contribution in [2.45, 2.75) is 131 Å². The number of carbonyl (C=O) groups excluding carboxylic acids is 1. The van der Waals surface area contributed by atoms with Gasteiger partial charge in [0.1, 0.15) is 5.78 Å². The minimum Gasteiger partial charge on any atom is -0.481 e. The van der Waals surface area contributed by atoms with Crippen molar-refractivity contribution >= 4 is 17.7 Å². The van der Waals surface area contributed by atoms with Crippen LogP contribution in [-0.4, -0.2) is 53.5 Å². The average Bonchev–Trinajstić information content (AvgIpc) is 3.42. The summed E-state index contributed by atoms with van der Waals surface area (Å²) in [4.78, 5) is 40.2. The van der Waals surface area contributed by atoms with Gasteiger partial charge < -0.3 is 15.1 Å². The van der Waals surface area contributed by atoms with E-state index < -0.39 is 11.9 Å². The summed E-state index contributed by atoms with van der Waals surface area (Å²) >= 11 is 0. The quantitative estimate of drug-likeness (QED) is 0.257. The number of fused-ring (bicyclic) bond motifs is 7. The molecule has 6 rings (SSSR count). The molecule has 11 atom stereocenters. The molecule has 1 aromatic carbocycles. The van der Waals surface area contributed by atoms with Crippen LogP contribution in [-0.2, 0) is 9.59 Å². The lowest BCUT2D eigenvalue weighted by molar-refractivity contribution is -0.239. The minimum atomic E-state index is -0.869. The molecule has 2 N–H and O–H groups in total. The number of Topliss-reactive ketones (excluding diaryl/α,β-unsaturated/α-hetero) is 1. The largest absolute Gasteiger partial charge is 0.481 e. The first-order valence-corrected chi connectivity index (χ1v) is 19.7. The average molecular weight is 676 g/mol. The van der Waals surface area contributed by atoms with Gasteiger partial charge in [-0.2, -0.15) is 0 Å². The zero-order valence-corrected chi connectivity index (χ0v) is 31.8. The van der Waals surface area contributed by atoms with Crippen LogP contribution in [0.1, 0.15) is 147 Å². The number of aromatic carboxylic acids is 1. The second kappa shape index (κ2) is 12.8. The molecule has 1 aromatic rings. The summed E-state index contributed by atoms with van der Waals surface area (Å²) in [5.41, 5.74) is 1.98. The number of ketones is 1. The van der Waals surface area contributed by atoms with Gasteiger partial charge in [0.05, 0.1) is 5.56 Å². The maximum atomic E-state index is 14.5. The molecule has 0 bridgehead atoms. The third kappa shape index (κ3) is 5.64.